The van der Waals surface area contributed by atoms with Crippen LogP contribution in [0.4, 0.5) is 0 Å². The Bertz CT molecular complexity index is 328. The van der Waals surface area contributed by atoms with E-state index in [2.05, 4.69) is 48.1 Å². The molecule has 0 radical (unpaired) electrons. The first-order valence-corrected chi connectivity index (χ1v) is 10.8. The van der Waals surface area contributed by atoms with Gasteiger partial charge in [-0.3, -0.25) is 0 Å². The molecule has 0 aromatic heterocycles. The lowest BCUT2D eigenvalue weighted by atomic mass is 9.76. The third-order valence-electron chi connectivity index (χ3n) is 5.61. The van der Waals surface area contributed by atoms with Crippen LogP contribution in [0.15, 0.2) is 12.3 Å². The van der Waals surface area contributed by atoms with Crippen LogP contribution < -0.4 is 0 Å². The van der Waals surface area contributed by atoms with Gasteiger partial charge in [0.2, 0.25) is 0 Å². The third-order valence-corrected chi connectivity index (χ3v) is 5.90. The van der Waals surface area contributed by atoms with Gasteiger partial charge in [0.1, 0.15) is 11.4 Å². The highest BCUT2D eigenvalue weighted by Crippen LogP contribution is 2.36. The van der Waals surface area contributed by atoms with E-state index in [1.54, 1.807) is 0 Å². The Morgan fingerprint density at radius 2 is 1.79 bits per heavy atom. The fourth-order valence-corrected chi connectivity index (χ4v) is 4.10. The van der Waals surface area contributed by atoms with Crippen LogP contribution in [-0.2, 0) is 4.74 Å². The van der Waals surface area contributed by atoms with Crippen molar-refractivity contribution in [1.82, 2.24) is 0 Å². The maximum Gasteiger partial charge on any atom is 0.106 e. The minimum Gasteiger partial charge on any atom is -0.491 e. The smallest absolute Gasteiger partial charge is 0.106 e. The van der Waals surface area contributed by atoms with E-state index in [1.807, 2.05) is 0 Å². The predicted molar refractivity (Wildman–Crippen MR) is 110 cm³/mol. The van der Waals surface area contributed by atoms with Gasteiger partial charge in [-0.05, 0) is 50.4 Å². The molecule has 0 aliphatic rings. The van der Waals surface area contributed by atoms with Crippen LogP contribution >= 0.6 is 11.6 Å². The lowest BCUT2D eigenvalue weighted by molar-refractivity contribution is -0.0138. The molecule has 0 saturated heterocycles. The molecule has 0 aromatic rings. The molecule has 0 aromatic carbocycles. The molecule has 4 atom stereocenters. The predicted octanol–water partition coefficient (Wildman–Crippen LogP) is 7.97. The van der Waals surface area contributed by atoms with Gasteiger partial charge in [0.05, 0.1) is 5.88 Å². The summed E-state index contributed by atoms with van der Waals surface area (Å²) in [6.45, 7) is 17.9. The lowest BCUT2D eigenvalue weighted by Gasteiger charge is -2.36. The molecule has 0 unspecified atom stereocenters. The summed E-state index contributed by atoms with van der Waals surface area (Å²) < 4.78 is 6.22. The molecule has 0 bridgehead atoms. The Labute approximate surface area is 157 Å². The first-order chi connectivity index (χ1) is 11.4. The van der Waals surface area contributed by atoms with E-state index >= 15 is 0 Å². The largest absolute Gasteiger partial charge is 0.491 e. The SMILES string of the molecule is C=C(CCl)O[C@](C)(CCCC)C[C@@H](CC)C[C@@H](CC)[C@@H](C)CCC. The number of hydrogen-bond donors (Lipinski definition) is 0. The number of ether oxygens (including phenoxy) is 1. The molecule has 1 nitrogen and oxygen atoms in total. The van der Waals surface area contributed by atoms with Crippen LogP contribution in [0.1, 0.15) is 99.3 Å². The first-order valence-electron chi connectivity index (χ1n) is 10.3. The van der Waals surface area contributed by atoms with Crippen molar-refractivity contribution in [3.63, 3.8) is 0 Å². The molecule has 0 saturated carbocycles. The zero-order valence-electron chi connectivity index (χ0n) is 17.3. The van der Waals surface area contributed by atoms with Crippen molar-refractivity contribution in [2.75, 3.05) is 5.88 Å². The van der Waals surface area contributed by atoms with Crippen LogP contribution in [0.25, 0.3) is 0 Å². The lowest BCUT2D eigenvalue weighted by Crippen LogP contribution is -2.32. The topological polar surface area (TPSA) is 9.23 Å². The summed E-state index contributed by atoms with van der Waals surface area (Å²) in [5.74, 6) is 3.50. The molecule has 0 fully saturated rings. The molecule has 0 aliphatic carbocycles. The standard InChI is InChI=1S/C22H43ClO/c1-8-12-14-22(7,24-19(6)17-23)16-20(10-3)15-21(11-4)18(5)13-9-2/h18,20-21H,6,8-17H2,1-5,7H3/t18-,20-,21+,22+/m0/s1. The Morgan fingerprint density at radius 3 is 2.25 bits per heavy atom. The van der Waals surface area contributed by atoms with E-state index in [1.165, 1.54) is 44.9 Å². The van der Waals surface area contributed by atoms with Crippen LogP contribution in [-0.4, -0.2) is 11.5 Å². The summed E-state index contributed by atoms with van der Waals surface area (Å²) in [4.78, 5) is 0. The fraction of sp³-hybridized carbons (Fsp3) is 0.909. The van der Waals surface area contributed by atoms with Crippen LogP contribution in [0.3, 0.4) is 0 Å². The minimum atomic E-state index is -0.116. The Balaban J connectivity index is 4.93. The second-order valence-electron chi connectivity index (χ2n) is 7.98. The van der Waals surface area contributed by atoms with E-state index in [-0.39, 0.29) is 5.60 Å². The van der Waals surface area contributed by atoms with Crippen molar-refractivity contribution < 1.29 is 4.74 Å². The molecule has 0 spiro atoms. The molecular formula is C22H43ClO. The summed E-state index contributed by atoms with van der Waals surface area (Å²) in [6.07, 6.45) is 11.1. The van der Waals surface area contributed by atoms with Gasteiger partial charge in [-0.1, -0.05) is 73.3 Å². The quantitative estimate of drug-likeness (QED) is 0.213. The summed E-state index contributed by atoms with van der Waals surface area (Å²) in [5.41, 5.74) is -0.116. The van der Waals surface area contributed by atoms with Crippen molar-refractivity contribution in [3.05, 3.63) is 12.3 Å². The second kappa shape index (κ2) is 13.1. The average molecular weight is 359 g/mol. The number of unbranched alkanes of at least 4 members (excludes halogenated alkanes) is 1. The van der Waals surface area contributed by atoms with E-state index in [0.29, 0.717) is 5.88 Å². The highest BCUT2D eigenvalue weighted by Gasteiger charge is 2.31. The molecule has 0 heterocycles. The summed E-state index contributed by atoms with van der Waals surface area (Å²) in [5, 5.41) is 0. The monoisotopic (exact) mass is 358 g/mol. The van der Waals surface area contributed by atoms with Gasteiger partial charge in [0.15, 0.2) is 0 Å². The Hall–Kier alpha value is -0.170. The number of allylic oxidation sites excluding steroid dienone is 1. The molecule has 144 valence electrons. The molecular weight excluding hydrogens is 316 g/mol. The molecule has 24 heavy (non-hydrogen) atoms. The van der Waals surface area contributed by atoms with Gasteiger partial charge in [-0.25, -0.2) is 0 Å². The minimum absolute atomic E-state index is 0.116. The van der Waals surface area contributed by atoms with Gasteiger partial charge >= 0.3 is 0 Å². The van der Waals surface area contributed by atoms with E-state index in [9.17, 15) is 0 Å². The van der Waals surface area contributed by atoms with E-state index < -0.39 is 0 Å². The van der Waals surface area contributed by atoms with E-state index in [0.717, 1.165) is 36.4 Å². The zero-order chi connectivity index (χ0) is 18.6. The van der Waals surface area contributed by atoms with Crippen LogP contribution in [0.5, 0.6) is 0 Å². The molecule has 0 N–H and O–H groups in total. The third kappa shape index (κ3) is 9.35. The van der Waals surface area contributed by atoms with Crippen molar-refractivity contribution in [2.24, 2.45) is 17.8 Å². The zero-order valence-corrected chi connectivity index (χ0v) is 18.1. The summed E-state index contributed by atoms with van der Waals surface area (Å²) >= 11 is 5.92. The van der Waals surface area contributed by atoms with Gasteiger partial charge in [-0.2, -0.15) is 0 Å². The highest BCUT2D eigenvalue weighted by molar-refractivity contribution is 6.19. The van der Waals surface area contributed by atoms with Crippen molar-refractivity contribution in [3.8, 4) is 0 Å². The summed E-state index contributed by atoms with van der Waals surface area (Å²) in [7, 11) is 0. The number of rotatable bonds is 15. The Morgan fingerprint density at radius 1 is 1.12 bits per heavy atom. The molecule has 0 amide bonds. The number of alkyl halides is 1. The molecule has 2 heteroatoms. The van der Waals surface area contributed by atoms with Gasteiger partial charge in [-0.15, -0.1) is 11.6 Å². The van der Waals surface area contributed by atoms with Gasteiger partial charge in [0.25, 0.3) is 0 Å². The number of halogens is 1. The summed E-state index contributed by atoms with van der Waals surface area (Å²) in [6, 6.07) is 0. The van der Waals surface area contributed by atoms with Crippen molar-refractivity contribution in [2.45, 2.75) is 105 Å². The molecule has 0 aliphatic heterocycles. The van der Waals surface area contributed by atoms with Gasteiger partial charge < -0.3 is 4.74 Å². The average Bonchev–Trinajstić information content (AvgIpc) is 2.56. The number of hydrogen-bond acceptors (Lipinski definition) is 1. The second-order valence-corrected chi connectivity index (χ2v) is 8.24. The normalized spacial score (nSPS) is 17.8. The van der Waals surface area contributed by atoms with Crippen molar-refractivity contribution >= 4 is 11.6 Å². The van der Waals surface area contributed by atoms with Crippen LogP contribution in [0, 0.1) is 17.8 Å². The Kier molecular flexibility index (Phi) is 13.0. The first kappa shape index (κ1) is 23.8. The highest BCUT2D eigenvalue weighted by atomic mass is 35.5. The fourth-order valence-electron chi connectivity index (χ4n) is 4.05. The maximum atomic E-state index is 6.22. The molecule has 0 rings (SSSR count). The van der Waals surface area contributed by atoms with Gasteiger partial charge in [0, 0.05) is 0 Å². The van der Waals surface area contributed by atoms with Crippen LogP contribution in [0.2, 0.25) is 0 Å². The van der Waals surface area contributed by atoms with Crippen molar-refractivity contribution in [1.29, 1.82) is 0 Å². The van der Waals surface area contributed by atoms with E-state index in [4.69, 9.17) is 16.3 Å². The maximum absolute atomic E-state index is 6.22.